The lowest BCUT2D eigenvalue weighted by atomic mass is 10.00. The molecule has 5 nitrogen and oxygen atoms in total. The Kier molecular flexibility index (Phi) is 4.42. The summed E-state index contributed by atoms with van der Waals surface area (Å²) in [6, 6.07) is 18.8. The number of para-hydroxylation sites is 1. The van der Waals surface area contributed by atoms with Gasteiger partial charge in [-0.15, -0.1) is 0 Å². The van der Waals surface area contributed by atoms with Gasteiger partial charge in [-0.2, -0.15) is 0 Å². The standard InChI is InChI=1S/C22H18N2O3/c1-3-26-22(25)16-11-9-15(10-12-16)20-17-6-4-5-7-19(17)27-21-18(24-20)13-8-14(2)23-21/h4-13H,3H2,1-2H3. The van der Waals surface area contributed by atoms with Crippen molar-refractivity contribution in [2.45, 2.75) is 13.8 Å². The number of rotatable bonds is 3. The fourth-order valence-electron chi connectivity index (χ4n) is 2.92. The number of aromatic nitrogens is 1. The quantitative estimate of drug-likeness (QED) is 0.492. The molecule has 4 rings (SSSR count). The average Bonchev–Trinajstić information content (AvgIpc) is 2.84. The molecule has 0 saturated heterocycles. The Hall–Kier alpha value is -3.47. The monoisotopic (exact) mass is 358 g/mol. The summed E-state index contributed by atoms with van der Waals surface area (Å²) < 4.78 is 11.1. The van der Waals surface area contributed by atoms with E-state index in [-0.39, 0.29) is 5.97 Å². The Bertz CT molecular complexity index is 1040. The Balaban J connectivity index is 1.82. The number of pyridine rings is 1. The fraction of sp³-hybridized carbons (Fsp3) is 0.136. The van der Waals surface area contributed by atoms with Crippen LogP contribution in [-0.2, 0) is 4.74 Å². The molecule has 0 radical (unpaired) electrons. The molecule has 0 spiro atoms. The molecule has 0 aliphatic carbocycles. The van der Waals surface area contributed by atoms with Crippen molar-refractivity contribution in [1.82, 2.24) is 4.98 Å². The van der Waals surface area contributed by atoms with Gasteiger partial charge in [0.2, 0.25) is 5.88 Å². The van der Waals surface area contributed by atoms with Crippen molar-refractivity contribution in [3.63, 3.8) is 0 Å². The van der Waals surface area contributed by atoms with Gasteiger partial charge in [-0.3, -0.25) is 0 Å². The Morgan fingerprint density at radius 1 is 1.04 bits per heavy atom. The van der Waals surface area contributed by atoms with Gasteiger partial charge in [0, 0.05) is 16.8 Å². The second kappa shape index (κ2) is 7.03. The molecule has 0 atom stereocenters. The van der Waals surface area contributed by atoms with Crippen molar-refractivity contribution >= 4 is 17.4 Å². The van der Waals surface area contributed by atoms with Crippen molar-refractivity contribution in [2.75, 3.05) is 6.61 Å². The molecule has 2 aromatic carbocycles. The summed E-state index contributed by atoms with van der Waals surface area (Å²) in [6.07, 6.45) is 0. The van der Waals surface area contributed by atoms with E-state index in [2.05, 4.69) is 4.98 Å². The van der Waals surface area contributed by atoms with Crippen LogP contribution in [0.4, 0.5) is 5.69 Å². The maximum atomic E-state index is 11.9. The molecule has 0 bridgehead atoms. The van der Waals surface area contributed by atoms with Gasteiger partial charge >= 0.3 is 5.97 Å². The average molecular weight is 358 g/mol. The van der Waals surface area contributed by atoms with Gasteiger partial charge < -0.3 is 9.47 Å². The van der Waals surface area contributed by atoms with Crippen LogP contribution in [0.25, 0.3) is 0 Å². The molecule has 5 heteroatoms. The molecule has 0 saturated carbocycles. The normalized spacial score (nSPS) is 12.1. The zero-order valence-electron chi connectivity index (χ0n) is 15.1. The van der Waals surface area contributed by atoms with E-state index in [0.717, 1.165) is 22.5 Å². The van der Waals surface area contributed by atoms with Crippen LogP contribution in [0.15, 0.2) is 65.7 Å². The number of fused-ring (bicyclic) bond motifs is 2. The summed E-state index contributed by atoms with van der Waals surface area (Å²) >= 11 is 0. The number of hydrogen-bond donors (Lipinski definition) is 0. The summed E-state index contributed by atoms with van der Waals surface area (Å²) in [7, 11) is 0. The smallest absolute Gasteiger partial charge is 0.338 e. The fourth-order valence-corrected chi connectivity index (χ4v) is 2.92. The van der Waals surface area contributed by atoms with Gasteiger partial charge in [0.15, 0.2) is 0 Å². The molecule has 134 valence electrons. The third-order valence-electron chi connectivity index (χ3n) is 4.23. The van der Waals surface area contributed by atoms with E-state index in [1.54, 1.807) is 19.1 Å². The van der Waals surface area contributed by atoms with Crippen molar-refractivity contribution in [2.24, 2.45) is 4.99 Å². The lowest BCUT2D eigenvalue weighted by molar-refractivity contribution is 0.0526. The van der Waals surface area contributed by atoms with E-state index >= 15 is 0 Å². The predicted octanol–water partition coefficient (Wildman–Crippen LogP) is 4.84. The van der Waals surface area contributed by atoms with Gasteiger partial charge in [0.05, 0.1) is 17.9 Å². The number of esters is 1. The zero-order chi connectivity index (χ0) is 18.8. The highest BCUT2D eigenvalue weighted by Crippen LogP contribution is 2.37. The first-order valence-corrected chi connectivity index (χ1v) is 8.77. The van der Waals surface area contributed by atoms with Crippen LogP contribution in [0, 0.1) is 6.92 Å². The van der Waals surface area contributed by atoms with Crippen molar-refractivity contribution in [3.05, 3.63) is 83.0 Å². The predicted molar refractivity (Wildman–Crippen MR) is 103 cm³/mol. The summed E-state index contributed by atoms with van der Waals surface area (Å²) in [5, 5.41) is 0. The van der Waals surface area contributed by atoms with Gasteiger partial charge in [-0.1, -0.05) is 24.3 Å². The van der Waals surface area contributed by atoms with Crippen LogP contribution in [0.2, 0.25) is 0 Å². The van der Waals surface area contributed by atoms with E-state index in [4.69, 9.17) is 14.5 Å². The summed E-state index contributed by atoms with van der Waals surface area (Å²) in [5.41, 5.74) is 4.57. The van der Waals surface area contributed by atoms with E-state index in [0.29, 0.717) is 29.5 Å². The number of aryl methyl sites for hydroxylation is 1. The molecule has 2 heterocycles. The minimum Gasteiger partial charge on any atom is -0.462 e. The van der Waals surface area contributed by atoms with Crippen LogP contribution in [0.3, 0.4) is 0 Å². The van der Waals surface area contributed by atoms with Gasteiger partial charge in [-0.25, -0.2) is 14.8 Å². The number of hydrogen-bond acceptors (Lipinski definition) is 5. The molecular formula is C22H18N2O3. The maximum absolute atomic E-state index is 11.9. The first-order chi connectivity index (χ1) is 13.2. The molecular weight excluding hydrogens is 340 g/mol. The number of benzene rings is 2. The Morgan fingerprint density at radius 2 is 1.81 bits per heavy atom. The third-order valence-corrected chi connectivity index (χ3v) is 4.23. The van der Waals surface area contributed by atoms with Crippen LogP contribution < -0.4 is 4.74 Å². The second-order valence-corrected chi connectivity index (χ2v) is 6.13. The molecule has 1 aromatic heterocycles. The molecule has 3 aromatic rings. The van der Waals surface area contributed by atoms with E-state index in [9.17, 15) is 4.79 Å². The van der Waals surface area contributed by atoms with Gasteiger partial charge in [0.1, 0.15) is 11.4 Å². The topological polar surface area (TPSA) is 60.8 Å². The molecule has 0 fully saturated rings. The number of carbonyl (C=O) groups excluding carboxylic acids is 1. The Labute approximate surface area is 157 Å². The van der Waals surface area contributed by atoms with E-state index < -0.39 is 0 Å². The SMILES string of the molecule is CCOC(=O)c1ccc(C2=Nc3ccc(C)nc3Oc3ccccc32)cc1. The molecule has 1 aliphatic heterocycles. The molecule has 0 unspecified atom stereocenters. The summed E-state index contributed by atoms with van der Waals surface area (Å²) in [5.74, 6) is 0.851. The van der Waals surface area contributed by atoms with Gasteiger partial charge in [0.25, 0.3) is 0 Å². The van der Waals surface area contributed by atoms with Crippen molar-refractivity contribution in [3.8, 4) is 11.6 Å². The highest BCUT2D eigenvalue weighted by molar-refractivity contribution is 6.16. The van der Waals surface area contributed by atoms with Crippen molar-refractivity contribution < 1.29 is 14.3 Å². The summed E-state index contributed by atoms with van der Waals surface area (Å²) in [6.45, 7) is 4.05. The first kappa shape index (κ1) is 17.0. The lowest BCUT2D eigenvalue weighted by Gasteiger charge is -2.10. The zero-order valence-corrected chi connectivity index (χ0v) is 15.1. The largest absolute Gasteiger partial charge is 0.462 e. The number of aliphatic imine (C=N–C) groups is 1. The lowest BCUT2D eigenvalue weighted by Crippen LogP contribution is -2.07. The number of ether oxygens (including phenoxy) is 2. The van der Waals surface area contributed by atoms with Crippen LogP contribution >= 0.6 is 0 Å². The first-order valence-electron chi connectivity index (χ1n) is 8.77. The van der Waals surface area contributed by atoms with Gasteiger partial charge in [-0.05, 0) is 50.2 Å². The highest BCUT2D eigenvalue weighted by Gasteiger charge is 2.20. The minimum atomic E-state index is -0.333. The molecule has 1 aliphatic rings. The number of nitrogens with zero attached hydrogens (tertiary/aromatic N) is 2. The van der Waals surface area contributed by atoms with Crippen LogP contribution in [-0.4, -0.2) is 23.3 Å². The molecule has 0 amide bonds. The second-order valence-electron chi connectivity index (χ2n) is 6.13. The summed E-state index contributed by atoms with van der Waals surface area (Å²) in [4.78, 5) is 21.2. The Morgan fingerprint density at radius 3 is 2.59 bits per heavy atom. The highest BCUT2D eigenvalue weighted by atomic mass is 16.5. The van der Waals surface area contributed by atoms with Crippen LogP contribution in [0.1, 0.15) is 34.1 Å². The van der Waals surface area contributed by atoms with Crippen molar-refractivity contribution in [1.29, 1.82) is 0 Å². The van der Waals surface area contributed by atoms with E-state index in [1.807, 2.05) is 55.5 Å². The van der Waals surface area contributed by atoms with E-state index in [1.165, 1.54) is 0 Å². The third kappa shape index (κ3) is 3.31. The maximum Gasteiger partial charge on any atom is 0.338 e. The molecule has 0 N–H and O–H groups in total. The number of carbonyl (C=O) groups is 1. The molecule has 27 heavy (non-hydrogen) atoms. The van der Waals surface area contributed by atoms with Crippen LogP contribution in [0.5, 0.6) is 11.6 Å². The minimum absolute atomic E-state index is 0.333.